The van der Waals surface area contributed by atoms with Crippen molar-refractivity contribution < 1.29 is 4.79 Å². The zero-order chi connectivity index (χ0) is 17.4. The quantitative estimate of drug-likeness (QED) is 0.641. The molecule has 7 nitrogen and oxygen atoms in total. The molecule has 0 aliphatic carbocycles. The van der Waals surface area contributed by atoms with Crippen LogP contribution in [0, 0.1) is 0 Å². The van der Waals surface area contributed by atoms with Gasteiger partial charge in [-0.3, -0.25) is 15.6 Å². The van der Waals surface area contributed by atoms with Crippen molar-refractivity contribution in [2.75, 3.05) is 29.7 Å². The molecule has 1 aromatic heterocycles. The van der Waals surface area contributed by atoms with Gasteiger partial charge in [0, 0.05) is 13.6 Å². The third kappa shape index (κ3) is 4.84. The molecule has 2 aromatic rings. The van der Waals surface area contributed by atoms with E-state index in [9.17, 15) is 4.79 Å². The molecule has 1 heterocycles. The van der Waals surface area contributed by atoms with Gasteiger partial charge in [-0.15, -0.1) is 0 Å². The number of amides is 1. The summed E-state index contributed by atoms with van der Waals surface area (Å²) < 4.78 is 0. The van der Waals surface area contributed by atoms with E-state index in [0.29, 0.717) is 17.3 Å². The Kier molecular flexibility index (Phi) is 6.36. The van der Waals surface area contributed by atoms with Crippen LogP contribution in [0.1, 0.15) is 25.3 Å². The summed E-state index contributed by atoms with van der Waals surface area (Å²) >= 11 is 0. The van der Waals surface area contributed by atoms with E-state index < -0.39 is 0 Å². The van der Waals surface area contributed by atoms with Gasteiger partial charge in [0.15, 0.2) is 11.6 Å². The Morgan fingerprint density at radius 2 is 2.00 bits per heavy atom. The standard InChI is InChI=1S/C17H24N6O/c1-3-4-10-23(2)17-15(18)16(19-12-20-17)22-21-14(24)11-13-8-6-5-7-9-13/h5-9,12H,3-4,10-11,18H2,1-2H3,(H,21,24)(H,19,20,22). The van der Waals surface area contributed by atoms with E-state index in [0.717, 1.165) is 24.9 Å². The maximum Gasteiger partial charge on any atom is 0.242 e. The Balaban J connectivity index is 1.96. The minimum atomic E-state index is -0.167. The molecule has 2 rings (SSSR count). The second-order valence-corrected chi connectivity index (χ2v) is 5.57. The first-order valence-electron chi connectivity index (χ1n) is 8.02. The number of aromatic nitrogens is 2. The minimum absolute atomic E-state index is 0.167. The van der Waals surface area contributed by atoms with Gasteiger partial charge in [0.2, 0.25) is 5.91 Å². The lowest BCUT2D eigenvalue weighted by molar-refractivity contribution is -0.119. The van der Waals surface area contributed by atoms with Crippen LogP contribution in [0.25, 0.3) is 0 Å². The molecule has 7 heteroatoms. The van der Waals surface area contributed by atoms with Crippen molar-refractivity contribution in [3.8, 4) is 0 Å². The summed E-state index contributed by atoms with van der Waals surface area (Å²) in [5.74, 6) is 0.878. The number of carbonyl (C=O) groups is 1. The highest BCUT2D eigenvalue weighted by Crippen LogP contribution is 2.24. The number of nitrogens with two attached hydrogens (primary N) is 1. The molecular weight excluding hydrogens is 304 g/mol. The van der Waals surface area contributed by atoms with E-state index in [-0.39, 0.29) is 12.3 Å². The van der Waals surface area contributed by atoms with Crippen molar-refractivity contribution in [3.63, 3.8) is 0 Å². The molecule has 0 fully saturated rings. The van der Waals surface area contributed by atoms with Crippen LogP contribution in [0.2, 0.25) is 0 Å². The van der Waals surface area contributed by atoms with Crippen LogP contribution in [-0.2, 0) is 11.2 Å². The van der Waals surface area contributed by atoms with Gasteiger partial charge in [0.25, 0.3) is 0 Å². The average Bonchev–Trinajstić information content (AvgIpc) is 2.59. The molecule has 0 aliphatic heterocycles. The molecule has 0 bridgehead atoms. The van der Waals surface area contributed by atoms with E-state index in [1.165, 1.54) is 6.33 Å². The van der Waals surface area contributed by atoms with Crippen LogP contribution in [0.4, 0.5) is 17.3 Å². The molecule has 0 unspecified atom stereocenters. The van der Waals surface area contributed by atoms with Crippen molar-refractivity contribution >= 4 is 23.2 Å². The molecule has 0 aliphatic rings. The van der Waals surface area contributed by atoms with Crippen LogP contribution >= 0.6 is 0 Å². The minimum Gasteiger partial charge on any atom is -0.393 e. The third-order valence-corrected chi connectivity index (χ3v) is 3.60. The fourth-order valence-corrected chi connectivity index (χ4v) is 2.25. The number of carbonyl (C=O) groups excluding carboxylic acids is 1. The number of rotatable bonds is 8. The summed E-state index contributed by atoms with van der Waals surface area (Å²) in [4.78, 5) is 22.3. The van der Waals surface area contributed by atoms with E-state index in [4.69, 9.17) is 5.73 Å². The van der Waals surface area contributed by atoms with Crippen molar-refractivity contribution in [1.82, 2.24) is 15.4 Å². The first-order chi connectivity index (χ1) is 11.6. The van der Waals surface area contributed by atoms with Gasteiger partial charge in [-0.05, 0) is 12.0 Å². The van der Waals surface area contributed by atoms with E-state index >= 15 is 0 Å². The number of unbranched alkanes of at least 4 members (excludes halogenated alkanes) is 1. The fourth-order valence-electron chi connectivity index (χ4n) is 2.25. The summed E-state index contributed by atoms with van der Waals surface area (Å²) in [6.45, 7) is 2.99. The second-order valence-electron chi connectivity index (χ2n) is 5.57. The zero-order valence-electron chi connectivity index (χ0n) is 14.1. The summed E-state index contributed by atoms with van der Waals surface area (Å²) in [6.07, 6.45) is 3.86. The van der Waals surface area contributed by atoms with Gasteiger partial charge in [-0.2, -0.15) is 0 Å². The van der Waals surface area contributed by atoms with E-state index in [1.54, 1.807) is 0 Å². The topological polar surface area (TPSA) is 96.2 Å². The summed E-state index contributed by atoms with van der Waals surface area (Å²) in [7, 11) is 1.94. The van der Waals surface area contributed by atoms with Gasteiger partial charge in [-0.25, -0.2) is 9.97 Å². The number of nitrogens with zero attached hydrogens (tertiary/aromatic N) is 3. The number of hydrogen-bond donors (Lipinski definition) is 3. The summed E-state index contributed by atoms with van der Waals surface area (Å²) in [6, 6.07) is 9.52. The normalized spacial score (nSPS) is 10.2. The van der Waals surface area contributed by atoms with Crippen LogP contribution < -0.4 is 21.5 Å². The lowest BCUT2D eigenvalue weighted by atomic mass is 10.1. The maximum atomic E-state index is 12.0. The number of hydrogen-bond acceptors (Lipinski definition) is 6. The van der Waals surface area contributed by atoms with Gasteiger partial charge >= 0.3 is 0 Å². The zero-order valence-corrected chi connectivity index (χ0v) is 14.1. The Bertz CT molecular complexity index is 661. The highest BCUT2D eigenvalue weighted by molar-refractivity contribution is 5.81. The number of hydrazine groups is 1. The monoisotopic (exact) mass is 328 g/mol. The molecule has 1 aromatic carbocycles. The SMILES string of the molecule is CCCCN(C)c1ncnc(NNC(=O)Cc2ccccc2)c1N. The van der Waals surface area contributed by atoms with Crippen LogP contribution in [0.5, 0.6) is 0 Å². The molecular formula is C17H24N6O. The van der Waals surface area contributed by atoms with Crippen molar-refractivity contribution in [1.29, 1.82) is 0 Å². The molecule has 4 N–H and O–H groups in total. The summed E-state index contributed by atoms with van der Waals surface area (Å²) in [5.41, 5.74) is 12.9. The molecule has 0 saturated carbocycles. The molecule has 128 valence electrons. The maximum absolute atomic E-state index is 12.0. The molecule has 0 atom stereocenters. The Morgan fingerprint density at radius 3 is 2.71 bits per heavy atom. The van der Waals surface area contributed by atoms with Crippen molar-refractivity contribution in [2.24, 2.45) is 0 Å². The van der Waals surface area contributed by atoms with Gasteiger partial charge in [-0.1, -0.05) is 43.7 Å². The lowest BCUT2D eigenvalue weighted by Crippen LogP contribution is -2.32. The first-order valence-corrected chi connectivity index (χ1v) is 8.02. The lowest BCUT2D eigenvalue weighted by Gasteiger charge is -2.20. The molecule has 0 spiro atoms. The highest BCUT2D eigenvalue weighted by Gasteiger charge is 2.12. The van der Waals surface area contributed by atoms with Crippen LogP contribution in [0.3, 0.4) is 0 Å². The molecule has 0 radical (unpaired) electrons. The Hall–Kier alpha value is -2.83. The number of anilines is 3. The van der Waals surface area contributed by atoms with Gasteiger partial charge in [0.05, 0.1) is 6.42 Å². The Labute approximate surface area is 142 Å². The summed E-state index contributed by atoms with van der Waals surface area (Å²) in [5, 5.41) is 0. The van der Waals surface area contributed by atoms with Gasteiger partial charge in [0.1, 0.15) is 12.0 Å². The van der Waals surface area contributed by atoms with Crippen molar-refractivity contribution in [3.05, 3.63) is 42.2 Å². The predicted molar refractivity (Wildman–Crippen MR) is 96.5 cm³/mol. The predicted octanol–water partition coefficient (Wildman–Crippen LogP) is 1.98. The van der Waals surface area contributed by atoms with Gasteiger partial charge < -0.3 is 10.6 Å². The number of nitrogens with one attached hydrogen (secondary N) is 2. The van der Waals surface area contributed by atoms with Crippen LogP contribution in [0.15, 0.2) is 36.7 Å². The average molecular weight is 328 g/mol. The first kappa shape index (κ1) is 17.5. The Morgan fingerprint density at radius 1 is 1.25 bits per heavy atom. The smallest absolute Gasteiger partial charge is 0.242 e. The second kappa shape index (κ2) is 8.71. The van der Waals surface area contributed by atoms with E-state index in [1.807, 2.05) is 42.3 Å². The largest absolute Gasteiger partial charge is 0.393 e. The third-order valence-electron chi connectivity index (χ3n) is 3.60. The number of benzene rings is 1. The number of nitrogen functional groups attached to an aromatic ring is 1. The fraction of sp³-hybridized carbons (Fsp3) is 0.353. The van der Waals surface area contributed by atoms with Crippen molar-refractivity contribution in [2.45, 2.75) is 26.2 Å². The molecule has 0 saturated heterocycles. The van der Waals surface area contributed by atoms with Crippen LogP contribution in [-0.4, -0.2) is 29.5 Å². The molecule has 24 heavy (non-hydrogen) atoms. The van der Waals surface area contributed by atoms with E-state index in [2.05, 4.69) is 27.7 Å². The molecule has 1 amide bonds. The highest BCUT2D eigenvalue weighted by atomic mass is 16.2.